The summed E-state index contributed by atoms with van der Waals surface area (Å²) in [6.45, 7) is 0.219. The fourth-order valence-corrected chi connectivity index (χ4v) is 3.55. The molecular formula is C11H12ClN3O2S2. The van der Waals surface area contributed by atoms with E-state index in [0.29, 0.717) is 10.2 Å². The van der Waals surface area contributed by atoms with Gasteiger partial charge < -0.3 is 5.32 Å². The van der Waals surface area contributed by atoms with Crippen LogP contribution in [0.1, 0.15) is 4.88 Å². The second kappa shape index (κ2) is 5.87. The van der Waals surface area contributed by atoms with Gasteiger partial charge in [-0.2, -0.15) is 0 Å². The SMILES string of the molecule is CNc1cc(S(=O)(=O)NCc2ccc(Cl)s2)ccn1. The molecule has 0 saturated carbocycles. The van der Waals surface area contributed by atoms with Gasteiger partial charge in [0, 0.05) is 30.7 Å². The number of hydrogen-bond acceptors (Lipinski definition) is 5. The van der Waals surface area contributed by atoms with Crippen molar-refractivity contribution in [3.05, 3.63) is 39.7 Å². The Morgan fingerprint density at radius 1 is 1.37 bits per heavy atom. The Morgan fingerprint density at radius 3 is 2.79 bits per heavy atom. The smallest absolute Gasteiger partial charge is 0.241 e. The van der Waals surface area contributed by atoms with Gasteiger partial charge in [0.15, 0.2) is 0 Å². The summed E-state index contributed by atoms with van der Waals surface area (Å²) in [5, 5.41) is 2.80. The summed E-state index contributed by atoms with van der Waals surface area (Å²) in [4.78, 5) is 5.01. The summed E-state index contributed by atoms with van der Waals surface area (Å²) in [6, 6.07) is 6.46. The molecule has 0 aliphatic rings. The summed E-state index contributed by atoms with van der Waals surface area (Å²) in [5.41, 5.74) is 0. The molecule has 0 spiro atoms. The van der Waals surface area contributed by atoms with Gasteiger partial charge in [0.2, 0.25) is 10.0 Å². The molecule has 0 amide bonds. The number of rotatable bonds is 5. The molecule has 2 rings (SSSR count). The highest BCUT2D eigenvalue weighted by Crippen LogP contribution is 2.21. The standard InChI is InChI=1S/C11H12ClN3O2S2/c1-13-11-6-9(4-5-14-11)19(16,17)15-7-8-2-3-10(12)18-8/h2-6,15H,7H2,1H3,(H,13,14). The molecule has 2 aromatic heterocycles. The van der Waals surface area contributed by atoms with Crippen LogP contribution in [0.2, 0.25) is 4.34 Å². The van der Waals surface area contributed by atoms with Gasteiger partial charge in [0.05, 0.1) is 9.23 Å². The summed E-state index contributed by atoms with van der Waals surface area (Å²) < 4.78 is 27.3. The lowest BCUT2D eigenvalue weighted by molar-refractivity contribution is 0.581. The van der Waals surface area contributed by atoms with Gasteiger partial charge in [-0.15, -0.1) is 11.3 Å². The molecule has 2 heterocycles. The summed E-state index contributed by atoms with van der Waals surface area (Å²) in [5.74, 6) is 0.502. The Labute approximate surface area is 120 Å². The maximum Gasteiger partial charge on any atom is 0.241 e. The number of pyridine rings is 1. The number of thiophene rings is 1. The van der Waals surface area contributed by atoms with Crippen LogP contribution in [-0.4, -0.2) is 20.4 Å². The Kier molecular flexibility index (Phi) is 4.41. The number of anilines is 1. The predicted octanol–water partition coefficient (Wildman–Crippen LogP) is 2.32. The maximum absolute atomic E-state index is 12.1. The minimum absolute atomic E-state index is 0.175. The molecular weight excluding hydrogens is 306 g/mol. The largest absolute Gasteiger partial charge is 0.373 e. The van der Waals surface area contributed by atoms with E-state index in [9.17, 15) is 8.42 Å². The quantitative estimate of drug-likeness (QED) is 0.888. The Balaban J connectivity index is 2.13. The van der Waals surface area contributed by atoms with Crippen LogP contribution < -0.4 is 10.0 Å². The second-order valence-corrected chi connectivity index (χ2v) is 7.22. The number of halogens is 1. The molecule has 102 valence electrons. The van der Waals surface area contributed by atoms with Gasteiger partial charge in [-0.05, 0) is 18.2 Å². The lowest BCUT2D eigenvalue weighted by Gasteiger charge is -2.06. The first-order valence-corrected chi connectivity index (χ1v) is 8.07. The van der Waals surface area contributed by atoms with E-state index in [1.54, 1.807) is 19.2 Å². The molecule has 19 heavy (non-hydrogen) atoms. The van der Waals surface area contributed by atoms with Crippen LogP contribution in [0.5, 0.6) is 0 Å². The molecule has 2 N–H and O–H groups in total. The van der Waals surface area contributed by atoms with E-state index in [1.165, 1.54) is 29.7 Å². The van der Waals surface area contributed by atoms with E-state index in [2.05, 4.69) is 15.0 Å². The third-order valence-electron chi connectivity index (χ3n) is 2.36. The highest BCUT2D eigenvalue weighted by atomic mass is 35.5. The van der Waals surface area contributed by atoms with Crippen LogP contribution >= 0.6 is 22.9 Å². The zero-order valence-electron chi connectivity index (χ0n) is 10.1. The molecule has 0 fully saturated rings. The van der Waals surface area contributed by atoms with E-state index in [4.69, 9.17) is 11.6 Å². The number of nitrogens with one attached hydrogen (secondary N) is 2. The normalized spacial score (nSPS) is 11.5. The number of aromatic nitrogens is 1. The van der Waals surface area contributed by atoms with Crippen LogP contribution in [-0.2, 0) is 16.6 Å². The van der Waals surface area contributed by atoms with E-state index in [1.807, 2.05) is 0 Å². The van der Waals surface area contributed by atoms with Crippen molar-refractivity contribution in [3.8, 4) is 0 Å². The lowest BCUT2D eigenvalue weighted by Crippen LogP contribution is -2.22. The summed E-state index contributed by atoms with van der Waals surface area (Å²) in [6.07, 6.45) is 1.45. The fraction of sp³-hybridized carbons (Fsp3) is 0.182. The van der Waals surface area contributed by atoms with E-state index >= 15 is 0 Å². The molecule has 0 radical (unpaired) electrons. The monoisotopic (exact) mass is 317 g/mol. The summed E-state index contributed by atoms with van der Waals surface area (Å²) >= 11 is 7.14. The van der Waals surface area contributed by atoms with Crippen LogP contribution in [0.25, 0.3) is 0 Å². The lowest BCUT2D eigenvalue weighted by atomic mass is 10.5. The van der Waals surface area contributed by atoms with Gasteiger partial charge in [0.25, 0.3) is 0 Å². The molecule has 0 atom stereocenters. The van der Waals surface area contributed by atoms with Gasteiger partial charge in [-0.25, -0.2) is 18.1 Å². The minimum Gasteiger partial charge on any atom is -0.373 e. The molecule has 0 aromatic carbocycles. The van der Waals surface area contributed by atoms with Crippen LogP contribution in [0.3, 0.4) is 0 Å². The number of sulfonamides is 1. The summed E-state index contributed by atoms with van der Waals surface area (Å²) in [7, 11) is -1.87. The minimum atomic E-state index is -3.55. The van der Waals surface area contributed by atoms with Crippen molar-refractivity contribution < 1.29 is 8.42 Å². The molecule has 0 aliphatic carbocycles. The first-order chi connectivity index (χ1) is 9.01. The highest BCUT2D eigenvalue weighted by molar-refractivity contribution is 7.89. The van der Waals surface area contributed by atoms with Crippen molar-refractivity contribution in [3.63, 3.8) is 0 Å². The van der Waals surface area contributed by atoms with Crippen molar-refractivity contribution in [2.45, 2.75) is 11.4 Å². The molecule has 0 unspecified atom stereocenters. The van der Waals surface area contributed by atoms with Gasteiger partial charge in [0.1, 0.15) is 5.82 Å². The average molecular weight is 318 g/mol. The van der Waals surface area contributed by atoms with Gasteiger partial charge >= 0.3 is 0 Å². The van der Waals surface area contributed by atoms with Crippen molar-refractivity contribution in [1.29, 1.82) is 0 Å². The van der Waals surface area contributed by atoms with Crippen LogP contribution in [0.15, 0.2) is 35.4 Å². The number of hydrogen-bond donors (Lipinski definition) is 2. The predicted molar refractivity (Wildman–Crippen MR) is 77.1 cm³/mol. The molecule has 0 bridgehead atoms. The van der Waals surface area contributed by atoms with Crippen LogP contribution in [0.4, 0.5) is 5.82 Å². The molecule has 2 aromatic rings. The second-order valence-electron chi connectivity index (χ2n) is 3.66. The Bertz CT molecular complexity index is 670. The van der Waals surface area contributed by atoms with Crippen molar-refractivity contribution in [1.82, 2.24) is 9.71 Å². The fourth-order valence-electron chi connectivity index (χ4n) is 1.41. The number of nitrogens with zero attached hydrogens (tertiary/aromatic N) is 1. The van der Waals surface area contributed by atoms with Crippen molar-refractivity contribution >= 4 is 38.8 Å². The van der Waals surface area contributed by atoms with Gasteiger partial charge in [-0.1, -0.05) is 11.6 Å². The third-order valence-corrected chi connectivity index (χ3v) is 4.99. The topological polar surface area (TPSA) is 71.1 Å². The van der Waals surface area contributed by atoms with Crippen molar-refractivity contribution in [2.75, 3.05) is 12.4 Å². The molecule has 0 saturated heterocycles. The first-order valence-electron chi connectivity index (χ1n) is 5.39. The average Bonchev–Trinajstić information content (AvgIpc) is 2.82. The maximum atomic E-state index is 12.1. The molecule has 0 aliphatic heterocycles. The molecule has 8 heteroatoms. The first kappa shape index (κ1) is 14.3. The highest BCUT2D eigenvalue weighted by Gasteiger charge is 2.14. The zero-order valence-corrected chi connectivity index (χ0v) is 12.4. The van der Waals surface area contributed by atoms with E-state index in [-0.39, 0.29) is 11.4 Å². The Morgan fingerprint density at radius 2 is 2.16 bits per heavy atom. The van der Waals surface area contributed by atoms with Gasteiger partial charge in [-0.3, -0.25) is 0 Å². The van der Waals surface area contributed by atoms with E-state index < -0.39 is 10.0 Å². The zero-order chi connectivity index (χ0) is 13.9. The Hall–Kier alpha value is -1.15. The molecule has 5 nitrogen and oxygen atoms in total. The third kappa shape index (κ3) is 3.66. The van der Waals surface area contributed by atoms with Crippen molar-refractivity contribution in [2.24, 2.45) is 0 Å². The van der Waals surface area contributed by atoms with Crippen LogP contribution in [0, 0.1) is 0 Å². The van der Waals surface area contributed by atoms with E-state index in [0.717, 1.165) is 4.88 Å².